The van der Waals surface area contributed by atoms with Gasteiger partial charge in [-0.2, -0.15) is 10.2 Å². The minimum atomic E-state index is -0.544. The van der Waals surface area contributed by atoms with Crippen molar-refractivity contribution in [1.29, 1.82) is 5.26 Å². The second kappa shape index (κ2) is 6.57. The number of nitriles is 1. The SMILES string of the molecule is N#Cc1ccc(C(=O)OCc2nc(-c3ccc4c(c3)OCO4)no2)cc1. The van der Waals surface area contributed by atoms with Gasteiger partial charge in [-0.15, -0.1) is 0 Å². The Bertz CT molecular complexity index is 1000. The Labute approximate surface area is 147 Å². The zero-order valence-corrected chi connectivity index (χ0v) is 13.3. The Hall–Kier alpha value is -3.86. The maximum atomic E-state index is 12.0. The molecular formula is C18H11N3O5. The molecule has 0 amide bonds. The standard InChI is InChI=1S/C18H11N3O5/c19-8-11-1-3-12(4-2-11)18(22)23-9-16-20-17(21-26-16)13-5-6-14-15(7-13)25-10-24-14/h1-7H,9-10H2. The first-order valence-electron chi connectivity index (χ1n) is 7.63. The van der Waals surface area contributed by atoms with Gasteiger partial charge in [-0.05, 0) is 42.5 Å². The molecular weight excluding hydrogens is 338 g/mol. The molecule has 1 aromatic heterocycles. The number of carbonyl (C=O) groups excluding carboxylic acids is 1. The molecule has 2 heterocycles. The van der Waals surface area contributed by atoms with Gasteiger partial charge in [0.1, 0.15) is 0 Å². The van der Waals surface area contributed by atoms with Crippen LogP contribution in [0.3, 0.4) is 0 Å². The van der Waals surface area contributed by atoms with Crippen molar-refractivity contribution in [3.05, 3.63) is 59.5 Å². The van der Waals surface area contributed by atoms with E-state index in [1.165, 1.54) is 12.1 Å². The zero-order valence-electron chi connectivity index (χ0n) is 13.3. The van der Waals surface area contributed by atoms with Gasteiger partial charge in [-0.3, -0.25) is 0 Å². The maximum Gasteiger partial charge on any atom is 0.338 e. The average molecular weight is 349 g/mol. The predicted octanol–water partition coefficient (Wildman–Crippen LogP) is 2.69. The van der Waals surface area contributed by atoms with Crippen LogP contribution in [0.4, 0.5) is 0 Å². The monoisotopic (exact) mass is 349 g/mol. The molecule has 8 nitrogen and oxygen atoms in total. The lowest BCUT2D eigenvalue weighted by Crippen LogP contribution is -2.05. The van der Waals surface area contributed by atoms with E-state index in [1.54, 1.807) is 30.3 Å². The van der Waals surface area contributed by atoms with Crippen molar-refractivity contribution in [2.24, 2.45) is 0 Å². The van der Waals surface area contributed by atoms with Crippen molar-refractivity contribution in [1.82, 2.24) is 10.1 Å². The summed E-state index contributed by atoms with van der Waals surface area (Å²) in [5.74, 6) is 1.25. The minimum Gasteiger partial charge on any atom is -0.454 e. The Morgan fingerprint density at radius 2 is 1.96 bits per heavy atom. The smallest absolute Gasteiger partial charge is 0.338 e. The lowest BCUT2D eigenvalue weighted by Gasteiger charge is -2.01. The van der Waals surface area contributed by atoms with Crippen LogP contribution in [0.5, 0.6) is 11.5 Å². The van der Waals surface area contributed by atoms with Gasteiger partial charge >= 0.3 is 5.97 Å². The second-order valence-electron chi connectivity index (χ2n) is 5.35. The van der Waals surface area contributed by atoms with E-state index < -0.39 is 5.97 Å². The molecule has 0 radical (unpaired) electrons. The first-order valence-corrected chi connectivity index (χ1v) is 7.63. The van der Waals surface area contributed by atoms with Gasteiger partial charge in [-0.25, -0.2) is 4.79 Å². The summed E-state index contributed by atoms with van der Waals surface area (Å²) < 4.78 is 20.8. The Balaban J connectivity index is 1.42. The molecule has 3 aromatic rings. The highest BCUT2D eigenvalue weighted by atomic mass is 16.7. The molecule has 4 rings (SSSR count). The van der Waals surface area contributed by atoms with Gasteiger partial charge in [0, 0.05) is 5.56 Å². The fraction of sp³-hybridized carbons (Fsp3) is 0.111. The van der Waals surface area contributed by atoms with Crippen LogP contribution in [0.15, 0.2) is 47.0 Å². The molecule has 0 unspecified atom stereocenters. The van der Waals surface area contributed by atoms with Crippen LogP contribution in [0.2, 0.25) is 0 Å². The number of ether oxygens (including phenoxy) is 3. The van der Waals surface area contributed by atoms with E-state index in [0.717, 1.165) is 0 Å². The number of benzene rings is 2. The van der Waals surface area contributed by atoms with Gasteiger partial charge in [0.15, 0.2) is 18.1 Å². The highest BCUT2D eigenvalue weighted by molar-refractivity contribution is 5.89. The Morgan fingerprint density at radius 1 is 1.15 bits per heavy atom. The van der Waals surface area contributed by atoms with Gasteiger partial charge < -0.3 is 18.7 Å². The van der Waals surface area contributed by atoms with E-state index in [4.69, 9.17) is 24.0 Å². The fourth-order valence-electron chi connectivity index (χ4n) is 2.36. The third-order valence-corrected chi connectivity index (χ3v) is 3.68. The fourth-order valence-corrected chi connectivity index (χ4v) is 2.36. The van der Waals surface area contributed by atoms with Crippen LogP contribution in [-0.4, -0.2) is 22.9 Å². The summed E-state index contributed by atoms with van der Waals surface area (Å²) >= 11 is 0. The molecule has 8 heteroatoms. The highest BCUT2D eigenvalue weighted by Gasteiger charge is 2.17. The lowest BCUT2D eigenvalue weighted by molar-refractivity contribution is 0.0430. The lowest BCUT2D eigenvalue weighted by atomic mass is 10.1. The number of nitrogens with zero attached hydrogens (tertiary/aromatic N) is 3. The Kier molecular flexibility index (Phi) is 3.95. The third kappa shape index (κ3) is 3.06. The largest absolute Gasteiger partial charge is 0.454 e. The molecule has 0 saturated heterocycles. The quantitative estimate of drug-likeness (QED) is 0.662. The third-order valence-electron chi connectivity index (χ3n) is 3.68. The number of hydrogen-bond donors (Lipinski definition) is 0. The van der Waals surface area contributed by atoms with Crippen molar-refractivity contribution in [3.8, 4) is 29.0 Å². The van der Waals surface area contributed by atoms with Crippen molar-refractivity contribution in [3.63, 3.8) is 0 Å². The van der Waals surface area contributed by atoms with Crippen LogP contribution in [0.1, 0.15) is 21.8 Å². The van der Waals surface area contributed by atoms with Crippen LogP contribution >= 0.6 is 0 Å². The Morgan fingerprint density at radius 3 is 2.77 bits per heavy atom. The normalized spacial score (nSPS) is 11.8. The molecule has 0 aliphatic carbocycles. The molecule has 0 fully saturated rings. The summed E-state index contributed by atoms with van der Waals surface area (Å²) in [4.78, 5) is 16.2. The number of carbonyl (C=O) groups is 1. The molecule has 0 spiro atoms. The number of hydrogen-bond acceptors (Lipinski definition) is 8. The topological polar surface area (TPSA) is 107 Å². The average Bonchev–Trinajstić information content (AvgIpc) is 3.34. The molecule has 0 saturated carbocycles. The van der Waals surface area contributed by atoms with Crippen molar-refractivity contribution < 1.29 is 23.5 Å². The maximum absolute atomic E-state index is 12.0. The summed E-state index contributed by atoms with van der Waals surface area (Å²) in [5.41, 5.74) is 1.49. The van der Waals surface area contributed by atoms with Gasteiger partial charge in [0.2, 0.25) is 12.6 Å². The van der Waals surface area contributed by atoms with E-state index in [-0.39, 0.29) is 19.3 Å². The highest BCUT2D eigenvalue weighted by Crippen LogP contribution is 2.35. The van der Waals surface area contributed by atoms with Crippen LogP contribution in [0, 0.1) is 11.3 Å². The van der Waals surface area contributed by atoms with Crippen molar-refractivity contribution in [2.45, 2.75) is 6.61 Å². The van der Waals surface area contributed by atoms with Crippen LogP contribution in [-0.2, 0) is 11.3 Å². The number of aromatic nitrogens is 2. The van der Waals surface area contributed by atoms with Gasteiger partial charge in [0.25, 0.3) is 5.89 Å². The number of rotatable bonds is 4. The molecule has 0 bridgehead atoms. The molecule has 26 heavy (non-hydrogen) atoms. The first kappa shape index (κ1) is 15.7. The van der Waals surface area contributed by atoms with E-state index in [0.29, 0.717) is 34.0 Å². The summed E-state index contributed by atoms with van der Waals surface area (Å²) in [5, 5.41) is 12.6. The van der Waals surface area contributed by atoms with Gasteiger partial charge in [0.05, 0.1) is 17.2 Å². The molecule has 0 atom stereocenters. The predicted molar refractivity (Wildman–Crippen MR) is 86.1 cm³/mol. The van der Waals surface area contributed by atoms with E-state index >= 15 is 0 Å². The molecule has 1 aliphatic rings. The van der Waals surface area contributed by atoms with Crippen molar-refractivity contribution in [2.75, 3.05) is 6.79 Å². The molecule has 0 N–H and O–H groups in total. The van der Waals surface area contributed by atoms with E-state index in [9.17, 15) is 4.79 Å². The summed E-state index contributed by atoms with van der Waals surface area (Å²) in [6.07, 6.45) is 0. The van der Waals surface area contributed by atoms with E-state index in [1.807, 2.05) is 6.07 Å². The van der Waals surface area contributed by atoms with E-state index in [2.05, 4.69) is 10.1 Å². The number of fused-ring (bicyclic) bond motifs is 1. The summed E-state index contributed by atoms with van der Waals surface area (Å²) in [7, 11) is 0. The summed E-state index contributed by atoms with van der Waals surface area (Å²) in [6, 6.07) is 13.4. The summed E-state index contributed by atoms with van der Waals surface area (Å²) in [6.45, 7) is 0.0258. The molecule has 1 aliphatic heterocycles. The van der Waals surface area contributed by atoms with Crippen molar-refractivity contribution >= 4 is 5.97 Å². The zero-order chi connectivity index (χ0) is 17.9. The minimum absolute atomic E-state index is 0.156. The molecule has 2 aromatic carbocycles. The van der Waals surface area contributed by atoms with Crippen LogP contribution < -0.4 is 9.47 Å². The second-order valence-corrected chi connectivity index (χ2v) is 5.35. The molecule has 128 valence electrons. The van der Waals surface area contributed by atoms with Crippen LogP contribution in [0.25, 0.3) is 11.4 Å². The first-order chi connectivity index (χ1) is 12.7. The number of esters is 1. The van der Waals surface area contributed by atoms with Gasteiger partial charge in [-0.1, -0.05) is 5.16 Å².